The van der Waals surface area contributed by atoms with Gasteiger partial charge in [0.15, 0.2) is 0 Å². The number of amides is 1. The zero-order valence-corrected chi connectivity index (χ0v) is 19.6. The first kappa shape index (κ1) is 23.8. The fourth-order valence-corrected chi connectivity index (χ4v) is 5.25. The van der Waals surface area contributed by atoms with Gasteiger partial charge in [0.05, 0.1) is 19.0 Å². The van der Waals surface area contributed by atoms with Gasteiger partial charge in [0.1, 0.15) is 10.6 Å². The number of hydrogen-bond donors (Lipinski definition) is 1. The van der Waals surface area contributed by atoms with Crippen LogP contribution < -0.4 is 14.4 Å². The molecule has 1 unspecified atom stereocenters. The van der Waals surface area contributed by atoms with E-state index in [1.807, 2.05) is 13.0 Å². The number of halogens is 2. The maximum atomic E-state index is 13.2. The lowest BCUT2D eigenvalue weighted by Crippen LogP contribution is -2.35. The zero-order valence-electron chi connectivity index (χ0n) is 18.8. The Hall–Kier alpha value is -3.31. The first-order valence-corrected chi connectivity index (χ1v) is 12.0. The van der Waals surface area contributed by atoms with Gasteiger partial charge in [0.25, 0.3) is 5.91 Å². The largest absolute Gasteiger partial charge is 0.497 e. The molecular weight excluding hydrogens is 466 g/mol. The number of hydrogen-bond acceptors (Lipinski definition) is 5. The first-order chi connectivity index (χ1) is 16.1. The van der Waals surface area contributed by atoms with E-state index in [0.29, 0.717) is 33.7 Å². The Balaban J connectivity index is 1.55. The monoisotopic (exact) mass is 490 g/mol. The Morgan fingerprint density at radius 2 is 1.94 bits per heavy atom. The van der Waals surface area contributed by atoms with Crippen molar-refractivity contribution in [3.8, 4) is 5.75 Å². The second-order valence-corrected chi connectivity index (χ2v) is 9.80. The number of rotatable bonds is 7. The molecule has 0 saturated carbocycles. The van der Waals surface area contributed by atoms with Crippen molar-refractivity contribution in [2.24, 2.45) is 0 Å². The molecule has 1 aliphatic rings. The molecule has 1 N–H and O–H groups in total. The molecule has 11 heteroatoms. The van der Waals surface area contributed by atoms with Crippen molar-refractivity contribution in [2.45, 2.75) is 44.3 Å². The molecule has 1 atom stereocenters. The molecule has 1 aromatic heterocycles. The lowest BCUT2D eigenvalue weighted by Gasteiger charge is -2.23. The summed E-state index contributed by atoms with van der Waals surface area (Å²) >= 11 is 0. The molecule has 34 heavy (non-hydrogen) atoms. The molecule has 4 rings (SSSR count). The number of alkyl halides is 2. The summed E-state index contributed by atoms with van der Waals surface area (Å²) in [5.74, 6) is 0.483. The topological polar surface area (TPSA) is 93.5 Å². The minimum Gasteiger partial charge on any atom is -0.497 e. The summed E-state index contributed by atoms with van der Waals surface area (Å²) in [5.41, 5.74) is 2.68. The fraction of sp³-hybridized carbons (Fsp3) is 0.304. The van der Waals surface area contributed by atoms with E-state index in [2.05, 4.69) is 9.82 Å². The number of ether oxygens (including phenoxy) is 1. The summed E-state index contributed by atoms with van der Waals surface area (Å²) in [7, 11) is -2.51. The van der Waals surface area contributed by atoms with Crippen molar-refractivity contribution in [3.05, 3.63) is 71.0 Å². The molecule has 0 radical (unpaired) electrons. The van der Waals surface area contributed by atoms with Crippen molar-refractivity contribution in [1.82, 2.24) is 14.5 Å². The molecule has 1 amide bonds. The predicted octanol–water partition coefficient (Wildman–Crippen LogP) is 3.67. The predicted molar refractivity (Wildman–Crippen MR) is 122 cm³/mol. The van der Waals surface area contributed by atoms with Gasteiger partial charge in [0, 0.05) is 23.8 Å². The lowest BCUT2D eigenvalue weighted by atomic mass is 10.1. The Bertz CT molecular complexity index is 1320. The molecule has 1 aliphatic heterocycles. The standard InChI is InChI=1S/C23H24F2N4O4S/c1-14-10-18-5-4-16(12-27-34(31,32)21-13-26-29(15(21)2)23(24)25)11-20(18)28(14)22(30)17-6-8-19(33-3)9-7-17/h4-9,11,13-14,23,27H,10,12H2,1-3H3. The van der Waals surface area contributed by atoms with Gasteiger partial charge in [0.2, 0.25) is 10.0 Å². The van der Waals surface area contributed by atoms with E-state index in [0.717, 1.165) is 11.8 Å². The summed E-state index contributed by atoms with van der Waals surface area (Å²) in [6.07, 6.45) is 1.58. The van der Waals surface area contributed by atoms with E-state index in [1.165, 1.54) is 6.92 Å². The molecule has 0 bridgehead atoms. The molecule has 2 heterocycles. The number of aromatic nitrogens is 2. The van der Waals surface area contributed by atoms with Crippen LogP contribution in [-0.2, 0) is 23.0 Å². The van der Waals surface area contributed by atoms with Gasteiger partial charge in [-0.15, -0.1) is 0 Å². The molecule has 180 valence electrons. The second-order valence-electron chi connectivity index (χ2n) is 8.06. The Labute approximate surface area is 196 Å². The van der Waals surface area contributed by atoms with E-state index < -0.39 is 16.6 Å². The number of carbonyl (C=O) groups excluding carboxylic acids is 1. The third-order valence-corrected chi connectivity index (χ3v) is 7.37. The first-order valence-electron chi connectivity index (χ1n) is 10.5. The highest BCUT2D eigenvalue weighted by Gasteiger charge is 2.32. The summed E-state index contributed by atoms with van der Waals surface area (Å²) in [6.45, 7) is 0.214. The van der Waals surface area contributed by atoms with E-state index in [-0.39, 0.29) is 29.1 Å². The van der Waals surface area contributed by atoms with Crippen molar-refractivity contribution in [1.29, 1.82) is 0 Å². The highest BCUT2D eigenvalue weighted by Crippen LogP contribution is 2.34. The van der Waals surface area contributed by atoms with Crippen LogP contribution in [0.15, 0.2) is 53.6 Å². The van der Waals surface area contributed by atoms with Gasteiger partial charge < -0.3 is 9.64 Å². The molecule has 0 fully saturated rings. The summed E-state index contributed by atoms with van der Waals surface area (Å²) in [4.78, 5) is 14.6. The van der Waals surface area contributed by atoms with Crippen LogP contribution in [0.3, 0.4) is 0 Å². The molecule has 3 aromatic rings. The normalized spacial score (nSPS) is 15.6. The minimum atomic E-state index is -4.07. The molecular formula is C23H24F2N4O4S. The van der Waals surface area contributed by atoms with E-state index in [1.54, 1.807) is 48.4 Å². The van der Waals surface area contributed by atoms with Gasteiger partial charge in [-0.25, -0.2) is 17.8 Å². The number of benzene rings is 2. The maximum Gasteiger partial charge on any atom is 0.333 e. The van der Waals surface area contributed by atoms with Gasteiger partial charge in [-0.05, 0) is 61.7 Å². The molecule has 0 spiro atoms. The fourth-order valence-electron chi connectivity index (χ4n) is 4.07. The van der Waals surface area contributed by atoms with Crippen LogP contribution in [0.1, 0.15) is 40.7 Å². The molecule has 0 saturated heterocycles. The third kappa shape index (κ3) is 4.40. The quantitative estimate of drug-likeness (QED) is 0.546. The van der Waals surface area contributed by atoms with Crippen LogP contribution in [0, 0.1) is 6.92 Å². The Morgan fingerprint density at radius 1 is 1.24 bits per heavy atom. The van der Waals surface area contributed by atoms with Gasteiger partial charge in [-0.1, -0.05) is 12.1 Å². The van der Waals surface area contributed by atoms with Crippen molar-refractivity contribution in [2.75, 3.05) is 12.0 Å². The van der Waals surface area contributed by atoms with Crippen LogP contribution >= 0.6 is 0 Å². The number of fused-ring (bicyclic) bond motifs is 1. The average Bonchev–Trinajstić information content (AvgIpc) is 3.36. The highest BCUT2D eigenvalue weighted by molar-refractivity contribution is 7.89. The maximum absolute atomic E-state index is 13.2. The summed E-state index contributed by atoms with van der Waals surface area (Å²) in [5, 5.41) is 3.46. The highest BCUT2D eigenvalue weighted by atomic mass is 32.2. The number of carbonyl (C=O) groups is 1. The Kier molecular flexibility index (Phi) is 6.41. The van der Waals surface area contributed by atoms with Crippen molar-refractivity contribution < 1.29 is 26.7 Å². The number of nitrogens with zero attached hydrogens (tertiary/aromatic N) is 3. The van der Waals surface area contributed by atoms with Crippen LogP contribution in [0.2, 0.25) is 0 Å². The van der Waals surface area contributed by atoms with E-state index in [4.69, 9.17) is 4.74 Å². The van der Waals surface area contributed by atoms with E-state index in [9.17, 15) is 22.0 Å². The van der Waals surface area contributed by atoms with Gasteiger partial charge in [-0.2, -0.15) is 13.9 Å². The number of anilines is 1. The SMILES string of the molecule is COc1ccc(C(=O)N2c3cc(CNS(=O)(=O)c4cnn(C(F)F)c4C)ccc3CC2C)cc1. The van der Waals surface area contributed by atoms with Gasteiger partial charge in [-0.3, -0.25) is 4.79 Å². The zero-order chi connectivity index (χ0) is 24.6. The summed E-state index contributed by atoms with van der Waals surface area (Å²) < 4.78 is 59.2. The van der Waals surface area contributed by atoms with Crippen molar-refractivity contribution >= 4 is 21.6 Å². The van der Waals surface area contributed by atoms with Crippen molar-refractivity contribution in [3.63, 3.8) is 0 Å². The smallest absolute Gasteiger partial charge is 0.333 e. The lowest BCUT2D eigenvalue weighted by molar-refractivity contribution is 0.0541. The number of methoxy groups -OCH3 is 1. The van der Waals surface area contributed by atoms with Crippen LogP contribution in [0.25, 0.3) is 0 Å². The molecule has 8 nitrogen and oxygen atoms in total. The van der Waals surface area contributed by atoms with Crippen LogP contribution in [-0.4, -0.2) is 37.3 Å². The molecule has 2 aromatic carbocycles. The molecule has 0 aliphatic carbocycles. The van der Waals surface area contributed by atoms with Crippen LogP contribution in [0.4, 0.5) is 14.5 Å². The second kappa shape index (κ2) is 9.15. The average molecular weight is 491 g/mol. The number of sulfonamides is 1. The minimum absolute atomic E-state index is 0.0700. The number of nitrogens with one attached hydrogen (secondary N) is 1. The van der Waals surface area contributed by atoms with E-state index >= 15 is 0 Å². The third-order valence-electron chi connectivity index (χ3n) is 5.86. The summed E-state index contributed by atoms with van der Waals surface area (Å²) in [6, 6.07) is 12.2. The van der Waals surface area contributed by atoms with Crippen LogP contribution in [0.5, 0.6) is 5.75 Å². The van der Waals surface area contributed by atoms with Gasteiger partial charge >= 0.3 is 6.55 Å². The Morgan fingerprint density at radius 3 is 2.56 bits per heavy atom.